The summed E-state index contributed by atoms with van der Waals surface area (Å²) in [6, 6.07) is 0. The first-order valence-corrected chi connectivity index (χ1v) is 3.44. The lowest BCUT2D eigenvalue weighted by Crippen LogP contribution is -2.27. The molecule has 0 fully saturated rings. The third-order valence-corrected chi connectivity index (χ3v) is 1.58. The molecule has 0 spiro atoms. The zero-order chi connectivity index (χ0) is 8.91. The van der Waals surface area contributed by atoms with Gasteiger partial charge in [0, 0.05) is 0 Å². The van der Waals surface area contributed by atoms with Crippen LogP contribution in [0.2, 0.25) is 0 Å². The first-order chi connectivity index (χ1) is 5.04. The molecule has 0 aromatic rings. The van der Waals surface area contributed by atoms with E-state index in [2.05, 4.69) is 9.57 Å². The van der Waals surface area contributed by atoms with Gasteiger partial charge in [0.05, 0.1) is 19.1 Å². The second-order valence-electron chi connectivity index (χ2n) is 3.00. The molecule has 2 N–H and O–H groups in total. The average Bonchev–Trinajstić information content (AvgIpc) is 1.99. The first-order valence-electron chi connectivity index (χ1n) is 3.44. The predicted molar refractivity (Wildman–Crippen MR) is 40.6 cm³/mol. The molecule has 4 heteroatoms. The minimum atomic E-state index is -0.506. The van der Waals surface area contributed by atoms with Crippen LogP contribution in [0.1, 0.15) is 20.3 Å². The van der Waals surface area contributed by atoms with Crippen LogP contribution >= 0.6 is 0 Å². The molecule has 0 radical (unpaired) electrons. The SMILES string of the molecule is COC(=O)C(C)(C)CCON. The van der Waals surface area contributed by atoms with Crippen molar-refractivity contribution in [1.29, 1.82) is 0 Å². The molecule has 0 aromatic heterocycles. The van der Waals surface area contributed by atoms with E-state index >= 15 is 0 Å². The Hall–Kier alpha value is -0.610. The third-order valence-electron chi connectivity index (χ3n) is 1.58. The van der Waals surface area contributed by atoms with Gasteiger partial charge < -0.3 is 9.57 Å². The summed E-state index contributed by atoms with van der Waals surface area (Å²) >= 11 is 0. The van der Waals surface area contributed by atoms with Crippen LogP contribution in [-0.2, 0) is 14.4 Å². The van der Waals surface area contributed by atoms with Crippen molar-refractivity contribution < 1.29 is 14.4 Å². The van der Waals surface area contributed by atoms with E-state index in [1.54, 1.807) is 13.8 Å². The van der Waals surface area contributed by atoms with E-state index in [0.717, 1.165) is 0 Å². The van der Waals surface area contributed by atoms with Crippen molar-refractivity contribution in [3.63, 3.8) is 0 Å². The first kappa shape index (κ1) is 10.4. The molecule has 0 saturated heterocycles. The van der Waals surface area contributed by atoms with Crippen molar-refractivity contribution >= 4 is 5.97 Å². The van der Waals surface area contributed by atoms with Gasteiger partial charge in [-0.25, -0.2) is 5.90 Å². The van der Waals surface area contributed by atoms with Crippen LogP contribution < -0.4 is 5.90 Å². The van der Waals surface area contributed by atoms with Crippen molar-refractivity contribution in [3.05, 3.63) is 0 Å². The quantitative estimate of drug-likeness (QED) is 0.481. The van der Waals surface area contributed by atoms with E-state index in [4.69, 9.17) is 5.90 Å². The van der Waals surface area contributed by atoms with E-state index < -0.39 is 5.41 Å². The zero-order valence-electron chi connectivity index (χ0n) is 7.22. The van der Waals surface area contributed by atoms with Gasteiger partial charge in [-0.05, 0) is 20.3 Å². The number of nitrogens with two attached hydrogens (primary N) is 1. The Bertz CT molecular complexity index is 134. The molecule has 0 aliphatic rings. The molecule has 0 bridgehead atoms. The van der Waals surface area contributed by atoms with Crippen molar-refractivity contribution in [2.24, 2.45) is 11.3 Å². The molecule has 66 valence electrons. The molecule has 0 aliphatic carbocycles. The molecule has 11 heavy (non-hydrogen) atoms. The lowest BCUT2D eigenvalue weighted by molar-refractivity contribution is -0.151. The summed E-state index contributed by atoms with van der Waals surface area (Å²) in [4.78, 5) is 15.4. The maximum absolute atomic E-state index is 11.0. The summed E-state index contributed by atoms with van der Waals surface area (Å²) in [5, 5.41) is 0. The van der Waals surface area contributed by atoms with Crippen LogP contribution in [0.5, 0.6) is 0 Å². The van der Waals surface area contributed by atoms with Gasteiger partial charge in [-0.3, -0.25) is 4.79 Å². The van der Waals surface area contributed by atoms with Gasteiger partial charge in [0.2, 0.25) is 0 Å². The molecule has 0 heterocycles. The van der Waals surface area contributed by atoms with Crippen molar-refractivity contribution in [1.82, 2.24) is 0 Å². The molecular weight excluding hydrogens is 146 g/mol. The van der Waals surface area contributed by atoms with Crippen LogP contribution in [0, 0.1) is 5.41 Å². The second kappa shape index (κ2) is 4.31. The molecule has 0 amide bonds. The average molecular weight is 161 g/mol. The number of rotatable bonds is 4. The molecule has 0 aromatic carbocycles. The molecule has 0 unspecified atom stereocenters. The van der Waals surface area contributed by atoms with Gasteiger partial charge in [0.25, 0.3) is 0 Å². The number of hydrogen-bond acceptors (Lipinski definition) is 4. The van der Waals surface area contributed by atoms with Gasteiger partial charge in [-0.15, -0.1) is 0 Å². The topological polar surface area (TPSA) is 61.5 Å². The van der Waals surface area contributed by atoms with E-state index in [9.17, 15) is 4.79 Å². The number of carbonyl (C=O) groups excluding carboxylic acids is 1. The Morgan fingerprint density at radius 1 is 1.55 bits per heavy atom. The summed E-state index contributed by atoms with van der Waals surface area (Å²) in [5.41, 5.74) is -0.506. The van der Waals surface area contributed by atoms with Crippen molar-refractivity contribution in [3.8, 4) is 0 Å². The summed E-state index contributed by atoms with van der Waals surface area (Å²) in [6.45, 7) is 3.94. The maximum atomic E-state index is 11.0. The summed E-state index contributed by atoms with van der Waals surface area (Å²) in [5.74, 6) is 4.58. The van der Waals surface area contributed by atoms with Gasteiger partial charge >= 0.3 is 5.97 Å². The third kappa shape index (κ3) is 3.34. The fourth-order valence-electron chi connectivity index (χ4n) is 0.692. The Labute approximate surface area is 66.6 Å². The number of carbonyl (C=O) groups is 1. The summed E-state index contributed by atoms with van der Waals surface area (Å²) in [6.07, 6.45) is 0.566. The molecule has 4 nitrogen and oxygen atoms in total. The van der Waals surface area contributed by atoms with Crippen molar-refractivity contribution in [2.45, 2.75) is 20.3 Å². The highest BCUT2D eigenvalue weighted by Gasteiger charge is 2.27. The molecule has 0 saturated carbocycles. The van der Waals surface area contributed by atoms with Crippen LogP contribution in [0.25, 0.3) is 0 Å². The Kier molecular flexibility index (Phi) is 4.07. The van der Waals surface area contributed by atoms with Crippen molar-refractivity contribution in [2.75, 3.05) is 13.7 Å². The second-order valence-corrected chi connectivity index (χ2v) is 3.00. The minimum Gasteiger partial charge on any atom is -0.469 e. The molecule has 0 aliphatic heterocycles. The van der Waals surface area contributed by atoms with Gasteiger partial charge in [-0.2, -0.15) is 0 Å². The van der Waals surface area contributed by atoms with Gasteiger partial charge in [-0.1, -0.05) is 0 Å². The number of methoxy groups -OCH3 is 1. The van der Waals surface area contributed by atoms with E-state index in [1.165, 1.54) is 7.11 Å². The Morgan fingerprint density at radius 2 is 2.09 bits per heavy atom. The highest BCUT2D eigenvalue weighted by molar-refractivity contribution is 5.75. The lowest BCUT2D eigenvalue weighted by atomic mass is 9.90. The fourth-order valence-corrected chi connectivity index (χ4v) is 0.692. The maximum Gasteiger partial charge on any atom is 0.311 e. The van der Waals surface area contributed by atoms with Gasteiger partial charge in [0.1, 0.15) is 0 Å². The molecular formula is C7H15NO3. The highest BCUT2D eigenvalue weighted by Crippen LogP contribution is 2.21. The largest absolute Gasteiger partial charge is 0.469 e. The van der Waals surface area contributed by atoms with E-state index in [-0.39, 0.29) is 5.97 Å². The fraction of sp³-hybridized carbons (Fsp3) is 0.857. The number of ether oxygens (including phenoxy) is 1. The van der Waals surface area contributed by atoms with Crippen LogP contribution in [-0.4, -0.2) is 19.7 Å². The Balaban J connectivity index is 3.88. The monoisotopic (exact) mass is 161 g/mol. The standard InChI is InChI=1S/C7H15NO3/c1-7(2,4-5-11-8)6(9)10-3/h4-5,8H2,1-3H3. The predicted octanol–water partition coefficient (Wildman–Crippen LogP) is 0.466. The zero-order valence-corrected chi connectivity index (χ0v) is 7.22. The lowest BCUT2D eigenvalue weighted by Gasteiger charge is -2.19. The normalized spacial score (nSPS) is 11.3. The Morgan fingerprint density at radius 3 is 2.45 bits per heavy atom. The van der Waals surface area contributed by atoms with Crippen LogP contribution in [0.15, 0.2) is 0 Å². The summed E-state index contributed by atoms with van der Waals surface area (Å²) < 4.78 is 4.58. The van der Waals surface area contributed by atoms with Crippen LogP contribution in [0.4, 0.5) is 0 Å². The van der Waals surface area contributed by atoms with Gasteiger partial charge in [0.15, 0.2) is 0 Å². The minimum absolute atomic E-state index is 0.241. The smallest absolute Gasteiger partial charge is 0.311 e. The number of hydrogen-bond donors (Lipinski definition) is 1. The van der Waals surface area contributed by atoms with E-state index in [0.29, 0.717) is 13.0 Å². The molecule has 0 atom stereocenters. The van der Waals surface area contributed by atoms with Crippen LogP contribution in [0.3, 0.4) is 0 Å². The number of esters is 1. The molecule has 0 rings (SSSR count). The summed E-state index contributed by atoms with van der Waals surface area (Å²) in [7, 11) is 1.37. The van der Waals surface area contributed by atoms with E-state index in [1.807, 2.05) is 0 Å². The highest BCUT2D eigenvalue weighted by atomic mass is 16.6.